The Hall–Kier alpha value is -3.70. The zero-order valence-corrected chi connectivity index (χ0v) is 17.3. The van der Waals surface area contributed by atoms with Crippen LogP contribution in [0.4, 0.5) is 17.6 Å². The summed E-state index contributed by atoms with van der Waals surface area (Å²) < 4.78 is 57.3. The molecule has 2 aromatic carbocycles. The molecule has 3 aromatic rings. The summed E-state index contributed by atoms with van der Waals surface area (Å²) >= 11 is 0. The Balaban J connectivity index is 1.78. The van der Waals surface area contributed by atoms with Gasteiger partial charge in [0.2, 0.25) is 0 Å². The van der Waals surface area contributed by atoms with Crippen molar-refractivity contribution in [2.75, 3.05) is 0 Å². The molecule has 0 saturated carbocycles. The van der Waals surface area contributed by atoms with Gasteiger partial charge in [0.1, 0.15) is 12.4 Å². The highest BCUT2D eigenvalue weighted by Gasteiger charge is 2.44. The molecule has 0 saturated heterocycles. The second-order valence-electron chi connectivity index (χ2n) is 6.81. The first-order valence-corrected chi connectivity index (χ1v) is 9.30. The van der Waals surface area contributed by atoms with Crippen molar-refractivity contribution in [3.8, 4) is 11.4 Å². The standard InChI is InChI=1S/C20H19F4N5O3/c1-12-6-4-9-17(29-19(30)28(3)26-27-29)16(12)11-31-25-13(2)14-7-5-8-15(10-14)32-20(23,24)18(21)22/h4-10,18H,11H2,1-3H3. The molecule has 0 bridgehead atoms. The monoisotopic (exact) mass is 453 g/mol. The molecule has 0 aliphatic carbocycles. The maximum absolute atomic E-state index is 13.1. The number of tetrazole rings is 1. The van der Waals surface area contributed by atoms with Crippen LogP contribution in [0.1, 0.15) is 23.6 Å². The van der Waals surface area contributed by atoms with Crippen molar-refractivity contribution in [3.63, 3.8) is 0 Å². The van der Waals surface area contributed by atoms with Gasteiger partial charge >= 0.3 is 18.2 Å². The Labute approximate surface area is 179 Å². The molecule has 0 spiro atoms. The van der Waals surface area contributed by atoms with Crippen molar-refractivity contribution >= 4 is 5.71 Å². The van der Waals surface area contributed by atoms with E-state index in [1.807, 2.05) is 13.0 Å². The van der Waals surface area contributed by atoms with Gasteiger partial charge in [-0.15, -0.1) is 0 Å². The molecule has 0 amide bonds. The molecule has 0 fully saturated rings. The van der Waals surface area contributed by atoms with Gasteiger partial charge in [-0.1, -0.05) is 29.4 Å². The molecule has 12 heteroatoms. The Morgan fingerprint density at radius 2 is 1.91 bits per heavy atom. The van der Waals surface area contributed by atoms with Gasteiger partial charge in [0.25, 0.3) is 0 Å². The average molecular weight is 453 g/mol. The molecule has 8 nitrogen and oxygen atoms in total. The van der Waals surface area contributed by atoms with E-state index < -0.39 is 24.0 Å². The molecule has 3 rings (SSSR count). The highest BCUT2D eigenvalue weighted by Crippen LogP contribution is 2.28. The zero-order chi connectivity index (χ0) is 23.5. The molecule has 0 aliphatic rings. The Kier molecular flexibility index (Phi) is 6.61. The largest absolute Gasteiger partial charge is 0.461 e. The predicted molar refractivity (Wildman–Crippen MR) is 106 cm³/mol. The average Bonchev–Trinajstić information content (AvgIpc) is 3.07. The van der Waals surface area contributed by atoms with Crippen LogP contribution in [0.5, 0.6) is 5.75 Å². The molecule has 0 radical (unpaired) electrons. The number of halogens is 4. The van der Waals surface area contributed by atoms with Crippen LogP contribution in [0.3, 0.4) is 0 Å². The first-order valence-electron chi connectivity index (χ1n) is 9.30. The van der Waals surface area contributed by atoms with E-state index in [0.29, 0.717) is 22.5 Å². The van der Waals surface area contributed by atoms with E-state index in [1.54, 1.807) is 19.1 Å². The van der Waals surface area contributed by atoms with Gasteiger partial charge in [-0.25, -0.2) is 4.79 Å². The molecule has 0 N–H and O–H groups in total. The number of aryl methyl sites for hydroxylation is 2. The SMILES string of the molecule is CC(=NOCc1c(C)cccc1-n1nnn(C)c1=O)c1cccc(OC(F)(F)C(F)F)c1. The quantitative estimate of drug-likeness (QED) is 0.296. The molecule has 170 valence electrons. The summed E-state index contributed by atoms with van der Waals surface area (Å²) in [5.74, 6) is -0.439. The smallest absolute Gasteiger partial charge is 0.428 e. The molecular weight excluding hydrogens is 434 g/mol. The highest BCUT2D eigenvalue weighted by atomic mass is 19.3. The minimum absolute atomic E-state index is 0.0258. The number of benzene rings is 2. The van der Waals surface area contributed by atoms with Crippen molar-refractivity contribution in [2.45, 2.75) is 33.0 Å². The molecule has 1 heterocycles. The minimum Gasteiger partial charge on any atom is -0.428 e. The highest BCUT2D eigenvalue weighted by molar-refractivity contribution is 5.98. The van der Waals surface area contributed by atoms with E-state index >= 15 is 0 Å². The molecule has 32 heavy (non-hydrogen) atoms. The molecule has 0 aliphatic heterocycles. The third-order valence-corrected chi connectivity index (χ3v) is 4.51. The minimum atomic E-state index is -4.61. The van der Waals surface area contributed by atoms with E-state index in [-0.39, 0.29) is 6.61 Å². The lowest BCUT2D eigenvalue weighted by Gasteiger charge is -2.17. The van der Waals surface area contributed by atoms with Crippen LogP contribution >= 0.6 is 0 Å². The fourth-order valence-corrected chi connectivity index (χ4v) is 2.77. The Morgan fingerprint density at radius 1 is 1.19 bits per heavy atom. The number of hydrogen-bond donors (Lipinski definition) is 0. The van der Waals surface area contributed by atoms with Crippen molar-refractivity contribution in [3.05, 3.63) is 69.6 Å². The normalized spacial score (nSPS) is 12.3. The molecular formula is C20H19F4N5O3. The van der Waals surface area contributed by atoms with E-state index in [2.05, 4.69) is 20.3 Å². The van der Waals surface area contributed by atoms with Crippen LogP contribution in [-0.4, -0.2) is 38.0 Å². The number of nitrogens with zero attached hydrogens (tertiary/aromatic N) is 5. The summed E-state index contributed by atoms with van der Waals surface area (Å²) in [5.41, 5.74) is 2.12. The maximum Gasteiger partial charge on any atom is 0.461 e. The number of hydrogen-bond acceptors (Lipinski definition) is 6. The summed E-state index contributed by atoms with van der Waals surface area (Å²) in [5, 5.41) is 11.5. The predicted octanol–water partition coefficient (Wildman–Crippen LogP) is 3.45. The molecule has 0 unspecified atom stereocenters. The van der Waals surface area contributed by atoms with Crippen LogP contribution < -0.4 is 10.4 Å². The Bertz CT molecular complexity index is 1190. The van der Waals surface area contributed by atoms with Crippen molar-refractivity contribution in [1.29, 1.82) is 0 Å². The zero-order valence-electron chi connectivity index (χ0n) is 17.3. The number of ether oxygens (including phenoxy) is 1. The lowest BCUT2D eigenvalue weighted by atomic mass is 10.1. The second kappa shape index (κ2) is 9.20. The number of alkyl halides is 4. The number of oxime groups is 1. The maximum atomic E-state index is 13.1. The summed E-state index contributed by atoms with van der Waals surface area (Å²) in [6.45, 7) is 3.35. The fourth-order valence-electron chi connectivity index (χ4n) is 2.77. The third-order valence-electron chi connectivity index (χ3n) is 4.51. The first-order chi connectivity index (χ1) is 15.1. The van der Waals surface area contributed by atoms with Crippen molar-refractivity contribution in [1.82, 2.24) is 19.8 Å². The first kappa shape index (κ1) is 23.0. The summed E-state index contributed by atoms with van der Waals surface area (Å²) in [6.07, 6.45) is -8.57. The Morgan fingerprint density at radius 3 is 2.56 bits per heavy atom. The summed E-state index contributed by atoms with van der Waals surface area (Å²) in [7, 11) is 1.47. The van der Waals surface area contributed by atoms with Gasteiger partial charge in [0, 0.05) is 18.2 Å². The van der Waals surface area contributed by atoms with Gasteiger partial charge < -0.3 is 9.57 Å². The molecule has 0 atom stereocenters. The van der Waals surface area contributed by atoms with Crippen LogP contribution in [-0.2, 0) is 18.5 Å². The number of rotatable bonds is 8. The van der Waals surface area contributed by atoms with Crippen LogP contribution in [0.2, 0.25) is 0 Å². The topological polar surface area (TPSA) is 83.5 Å². The van der Waals surface area contributed by atoms with Crippen LogP contribution in [0.15, 0.2) is 52.4 Å². The van der Waals surface area contributed by atoms with Crippen LogP contribution in [0.25, 0.3) is 5.69 Å². The lowest BCUT2D eigenvalue weighted by Crippen LogP contribution is -2.33. The second-order valence-corrected chi connectivity index (χ2v) is 6.81. The summed E-state index contributed by atoms with van der Waals surface area (Å²) in [6, 6.07) is 10.4. The summed E-state index contributed by atoms with van der Waals surface area (Å²) in [4.78, 5) is 17.6. The van der Waals surface area contributed by atoms with Gasteiger partial charge in [-0.05, 0) is 48.0 Å². The van der Waals surface area contributed by atoms with E-state index in [4.69, 9.17) is 4.84 Å². The van der Waals surface area contributed by atoms with Gasteiger partial charge in [-0.3, -0.25) is 0 Å². The van der Waals surface area contributed by atoms with Gasteiger partial charge in [0.15, 0.2) is 0 Å². The third kappa shape index (κ3) is 4.95. The van der Waals surface area contributed by atoms with E-state index in [0.717, 1.165) is 27.1 Å². The van der Waals surface area contributed by atoms with E-state index in [9.17, 15) is 22.4 Å². The van der Waals surface area contributed by atoms with Gasteiger partial charge in [-0.2, -0.15) is 26.9 Å². The fraction of sp³-hybridized carbons (Fsp3) is 0.300. The van der Waals surface area contributed by atoms with Crippen LogP contribution in [0, 0.1) is 6.92 Å². The van der Waals surface area contributed by atoms with Gasteiger partial charge in [0.05, 0.1) is 11.4 Å². The lowest BCUT2D eigenvalue weighted by molar-refractivity contribution is -0.253. The van der Waals surface area contributed by atoms with Crippen molar-refractivity contribution in [2.24, 2.45) is 12.2 Å². The van der Waals surface area contributed by atoms with E-state index in [1.165, 1.54) is 19.2 Å². The van der Waals surface area contributed by atoms with Crippen molar-refractivity contribution < 1.29 is 27.1 Å². The number of aromatic nitrogens is 4. The molecule has 1 aromatic heterocycles.